The first-order valence-corrected chi connectivity index (χ1v) is 4.64. The molecule has 1 atom stereocenters. The molecule has 0 heterocycles. The van der Waals surface area contributed by atoms with Gasteiger partial charge in [0.05, 0.1) is 6.04 Å². The Morgan fingerprint density at radius 3 is 2.50 bits per heavy atom. The van der Waals surface area contributed by atoms with Gasteiger partial charge in [-0.3, -0.25) is 9.69 Å². The highest BCUT2D eigenvalue weighted by atomic mass is 16.1. The van der Waals surface area contributed by atoms with Crippen molar-refractivity contribution >= 4 is 5.91 Å². The molecule has 3 nitrogen and oxygen atoms in total. The number of carbonyl (C=O) groups is 1. The van der Waals surface area contributed by atoms with Gasteiger partial charge in [0.25, 0.3) is 0 Å². The number of hydrogen-bond acceptors (Lipinski definition) is 2. The number of nitrogens with zero attached hydrogens (tertiary/aromatic N) is 1. The molecule has 0 spiro atoms. The zero-order valence-electron chi connectivity index (χ0n) is 8.60. The zero-order chi connectivity index (χ0) is 10.6. The second-order valence-corrected chi connectivity index (χ2v) is 3.48. The van der Waals surface area contributed by atoms with Gasteiger partial charge in [0.15, 0.2) is 0 Å². The molecule has 1 aromatic rings. The van der Waals surface area contributed by atoms with Crippen molar-refractivity contribution in [3.05, 3.63) is 35.9 Å². The van der Waals surface area contributed by atoms with Crippen LogP contribution in [0.25, 0.3) is 0 Å². The minimum Gasteiger partial charge on any atom is -0.368 e. The molecule has 0 saturated carbocycles. The third kappa shape index (κ3) is 2.85. The first-order chi connectivity index (χ1) is 6.61. The minimum atomic E-state index is -0.288. The van der Waals surface area contributed by atoms with Crippen molar-refractivity contribution in [1.82, 2.24) is 4.90 Å². The van der Waals surface area contributed by atoms with Gasteiger partial charge in [0.1, 0.15) is 0 Å². The van der Waals surface area contributed by atoms with Gasteiger partial charge in [-0.25, -0.2) is 0 Å². The Balaban J connectivity index is 2.57. The molecule has 3 heteroatoms. The van der Waals surface area contributed by atoms with E-state index in [0.29, 0.717) is 0 Å². The van der Waals surface area contributed by atoms with E-state index in [1.807, 2.05) is 49.2 Å². The molecule has 2 N–H and O–H groups in total. The average Bonchev–Trinajstić information content (AvgIpc) is 2.18. The molecule has 1 amide bonds. The highest BCUT2D eigenvalue weighted by Gasteiger charge is 2.14. The first kappa shape index (κ1) is 10.7. The number of carbonyl (C=O) groups excluding carboxylic acids is 1. The molecule has 0 radical (unpaired) electrons. The third-order valence-electron chi connectivity index (χ3n) is 2.35. The molecule has 0 fully saturated rings. The molecule has 1 rings (SSSR count). The first-order valence-electron chi connectivity index (χ1n) is 4.64. The fourth-order valence-corrected chi connectivity index (χ4v) is 1.23. The molecule has 14 heavy (non-hydrogen) atoms. The molecule has 0 aliphatic heterocycles. The molecular weight excluding hydrogens is 176 g/mol. The van der Waals surface area contributed by atoms with Crippen molar-refractivity contribution in [1.29, 1.82) is 0 Å². The number of primary amides is 1. The van der Waals surface area contributed by atoms with Crippen LogP contribution in [0.1, 0.15) is 12.5 Å². The van der Waals surface area contributed by atoms with E-state index in [2.05, 4.69) is 0 Å². The van der Waals surface area contributed by atoms with E-state index >= 15 is 0 Å². The smallest absolute Gasteiger partial charge is 0.234 e. The number of benzene rings is 1. The van der Waals surface area contributed by atoms with E-state index in [9.17, 15) is 4.79 Å². The topological polar surface area (TPSA) is 46.3 Å². The van der Waals surface area contributed by atoms with E-state index in [1.54, 1.807) is 0 Å². The van der Waals surface area contributed by atoms with Crippen LogP contribution in [-0.4, -0.2) is 23.9 Å². The van der Waals surface area contributed by atoms with Gasteiger partial charge in [0, 0.05) is 6.54 Å². The lowest BCUT2D eigenvalue weighted by molar-refractivity contribution is -0.122. The van der Waals surface area contributed by atoms with E-state index in [-0.39, 0.29) is 11.9 Å². The molecule has 0 bridgehead atoms. The maximum absolute atomic E-state index is 10.9. The minimum absolute atomic E-state index is 0.227. The summed E-state index contributed by atoms with van der Waals surface area (Å²) in [5.74, 6) is -0.288. The molecule has 76 valence electrons. The Kier molecular flexibility index (Phi) is 3.65. The van der Waals surface area contributed by atoms with Crippen LogP contribution in [0.3, 0.4) is 0 Å². The van der Waals surface area contributed by atoms with E-state index in [1.165, 1.54) is 5.56 Å². The molecule has 0 aliphatic carbocycles. The summed E-state index contributed by atoms with van der Waals surface area (Å²) in [6.07, 6.45) is 0. The lowest BCUT2D eigenvalue weighted by atomic mass is 10.2. The Morgan fingerprint density at radius 1 is 1.43 bits per heavy atom. The molecular formula is C11H16N2O. The zero-order valence-corrected chi connectivity index (χ0v) is 8.60. The van der Waals surface area contributed by atoms with Crippen molar-refractivity contribution in [2.75, 3.05) is 7.05 Å². The Hall–Kier alpha value is -1.35. The van der Waals surface area contributed by atoms with Gasteiger partial charge in [-0.05, 0) is 19.5 Å². The molecule has 1 aromatic carbocycles. The van der Waals surface area contributed by atoms with Crippen molar-refractivity contribution in [3.8, 4) is 0 Å². The number of nitrogens with two attached hydrogens (primary N) is 1. The van der Waals surface area contributed by atoms with Crippen LogP contribution in [0, 0.1) is 0 Å². The quantitative estimate of drug-likeness (QED) is 0.773. The van der Waals surface area contributed by atoms with Crippen molar-refractivity contribution in [2.24, 2.45) is 5.73 Å². The maximum Gasteiger partial charge on any atom is 0.234 e. The Morgan fingerprint density at radius 2 is 2.00 bits per heavy atom. The maximum atomic E-state index is 10.9. The summed E-state index contributed by atoms with van der Waals surface area (Å²) < 4.78 is 0. The fraction of sp³-hybridized carbons (Fsp3) is 0.364. The predicted octanol–water partition coefficient (Wildman–Crippen LogP) is 0.992. The summed E-state index contributed by atoms with van der Waals surface area (Å²) in [5.41, 5.74) is 6.39. The number of hydrogen-bond donors (Lipinski definition) is 1. The van der Waals surface area contributed by atoms with Crippen molar-refractivity contribution < 1.29 is 4.79 Å². The third-order valence-corrected chi connectivity index (χ3v) is 2.35. The van der Waals surface area contributed by atoms with Crippen LogP contribution in [0.5, 0.6) is 0 Å². The monoisotopic (exact) mass is 192 g/mol. The summed E-state index contributed by atoms with van der Waals surface area (Å²) in [4.78, 5) is 12.8. The van der Waals surface area contributed by atoms with Crippen molar-refractivity contribution in [3.63, 3.8) is 0 Å². The van der Waals surface area contributed by atoms with E-state index < -0.39 is 0 Å². The highest BCUT2D eigenvalue weighted by molar-refractivity contribution is 5.79. The standard InChI is InChI=1S/C11H16N2O/c1-9(11(12)14)13(2)8-10-6-4-3-5-7-10/h3-7,9H,8H2,1-2H3,(H2,12,14)/t9-/m1/s1. The Bertz CT molecular complexity index is 297. The number of amides is 1. The summed E-state index contributed by atoms with van der Waals surface area (Å²) in [7, 11) is 1.89. The second-order valence-electron chi connectivity index (χ2n) is 3.48. The fourth-order valence-electron chi connectivity index (χ4n) is 1.23. The summed E-state index contributed by atoms with van der Waals surface area (Å²) in [6, 6.07) is 9.78. The van der Waals surface area contributed by atoms with E-state index in [4.69, 9.17) is 5.73 Å². The van der Waals surface area contributed by atoms with Crippen LogP contribution in [0.2, 0.25) is 0 Å². The SMILES string of the molecule is C[C@H](C(N)=O)N(C)Cc1ccccc1. The molecule has 0 saturated heterocycles. The van der Waals surface area contributed by atoms with Gasteiger partial charge < -0.3 is 5.73 Å². The summed E-state index contributed by atoms with van der Waals surface area (Å²) in [6.45, 7) is 2.55. The predicted molar refractivity (Wildman–Crippen MR) is 56.6 cm³/mol. The van der Waals surface area contributed by atoms with Crippen LogP contribution >= 0.6 is 0 Å². The van der Waals surface area contributed by atoms with Crippen LogP contribution in [-0.2, 0) is 11.3 Å². The average molecular weight is 192 g/mol. The van der Waals surface area contributed by atoms with Crippen LogP contribution < -0.4 is 5.73 Å². The van der Waals surface area contributed by atoms with Gasteiger partial charge in [0.2, 0.25) is 5.91 Å². The van der Waals surface area contributed by atoms with Crippen LogP contribution in [0.15, 0.2) is 30.3 Å². The second kappa shape index (κ2) is 4.77. The normalized spacial score (nSPS) is 12.8. The Labute approximate surface area is 84.5 Å². The van der Waals surface area contributed by atoms with Gasteiger partial charge in [-0.1, -0.05) is 30.3 Å². The van der Waals surface area contributed by atoms with Gasteiger partial charge in [-0.15, -0.1) is 0 Å². The number of rotatable bonds is 4. The van der Waals surface area contributed by atoms with Crippen LogP contribution in [0.4, 0.5) is 0 Å². The van der Waals surface area contributed by atoms with Gasteiger partial charge >= 0.3 is 0 Å². The van der Waals surface area contributed by atoms with Crippen molar-refractivity contribution in [2.45, 2.75) is 19.5 Å². The molecule has 0 unspecified atom stereocenters. The lowest BCUT2D eigenvalue weighted by Crippen LogP contribution is -2.39. The van der Waals surface area contributed by atoms with E-state index in [0.717, 1.165) is 6.54 Å². The summed E-state index contributed by atoms with van der Waals surface area (Å²) in [5, 5.41) is 0. The van der Waals surface area contributed by atoms with Gasteiger partial charge in [-0.2, -0.15) is 0 Å². The largest absolute Gasteiger partial charge is 0.368 e. The molecule has 0 aromatic heterocycles. The lowest BCUT2D eigenvalue weighted by Gasteiger charge is -2.21. The summed E-state index contributed by atoms with van der Waals surface area (Å²) >= 11 is 0. The highest BCUT2D eigenvalue weighted by Crippen LogP contribution is 2.05. The number of likely N-dealkylation sites (N-methyl/N-ethyl adjacent to an activating group) is 1. The molecule has 0 aliphatic rings.